The third-order valence-corrected chi connectivity index (χ3v) is 9.30. The summed E-state index contributed by atoms with van der Waals surface area (Å²) in [6, 6.07) is 13.8. The van der Waals surface area contributed by atoms with Crippen molar-refractivity contribution in [2.24, 2.45) is 0 Å². The quantitative estimate of drug-likeness (QED) is 0.136. The predicted octanol–water partition coefficient (Wildman–Crippen LogP) is 3.03. The SMILES string of the molecule is CCO[P@@](=O)(CNC(=O)[C@H](C)NC(C)=O)N1CCC[C@H]1C(=O)N[C@H](CNc1ccc([N+](=O)[O-])cc1)Cc1ccccc1. The Bertz CT molecular complexity index is 1280. The van der Waals surface area contributed by atoms with E-state index in [-0.39, 0.29) is 36.4 Å². The van der Waals surface area contributed by atoms with Crippen LogP contribution < -0.4 is 21.3 Å². The van der Waals surface area contributed by atoms with Crippen LogP contribution in [-0.4, -0.2) is 71.4 Å². The maximum absolute atomic E-state index is 14.0. The Morgan fingerprint density at radius 1 is 1.12 bits per heavy atom. The number of carbonyl (C=O) groups excluding carboxylic acids is 3. The smallest absolute Gasteiger partial charge is 0.291 e. The number of hydrogen-bond donors (Lipinski definition) is 4. The first-order chi connectivity index (χ1) is 20.0. The molecule has 4 N–H and O–H groups in total. The molecule has 2 aromatic rings. The standard InChI is InChI=1S/C28H39N6O7P/c1-4-41-42(40,19-30-27(36)20(2)31-21(3)35)33-16-8-11-26(33)28(37)32-24(17-22-9-6-5-7-10-22)18-29-23-12-14-25(15-13-23)34(38)39/h5-7,9-10,12-15,20,24,26,29H,4,8,11,16-19H2,1-3H3,(H,30,36)(H,31,35)(H,32,37)/t20-,24-,26-,42-/m0/s1. The van der Waals surface area contributed by atoms with E-state index in [0.717, 1.165) is 5.56 Å². The summed E-state index contributed by atoms with van der Waals surface area (Å²) in [5, 5.41) is 22.4. The van der Waals surface area contributed by atoms with Crippen molar-refractivity contribution < 1.29 is 28.4 Å². The fourth-order valence-electron chi connectivity index (χ4n) is 4.81. The number of nitro groups is 1. The van der Waals surface area contributed by atoms with Crippen LogP contribution in [0.5, 0.6) is 0 Å². The van der Waals surface area contributed by atoms with Gasteiger partial charge in [-0.25, -0.2) is 4.67 Å². The molecule has 0 bridgehead atoms. The van der Waals surface area contributed by atoms with Crippen molar-refractivity contribution in [3.63, 3.8) is 0 Å². The van der Waals surface area contributed by atoms with Gasteiger partial charge in [0.1, 0.15) is 12.3 Å². The van der Waals surface area contributed by atoms with Crippen molar-refractivity contribution in [3.8, 4) is 0 Å². The molecule has 1 fully saturated rings. The second-order valence-electron chi connectivity index (χ2n) is 10.1. The van der Waals surface area contributed by atoms with E-state index in [2.05, 4.69) is 21.3 Å². The van der Waals surface area contributed by atoms with Gasteiger partial charge in [-0.3, -0.25) is 29.1 Å². The summed E-state index contributed by atoms with van der Waals surface area (Å²) in [5.74, 6) is -1.18. The van der Waals surface area contributed by atoms with Gasteiger partial charge in [0.15, 0.2) is 0 Å². The van der Waals surface area contributed by atoms with Gasteiger partial charge in [0.25, 0.3) is 13.2 Å². The monoisotopic (exact) mass is 602 g/mol. The summed E-state index contributed by atoms with van der Waals surface area (Å²) in [7, 11) is -3.63. The molecule has 1 aliphatic heterocycles. The highest BCUT2D eigenvalue weighted by molar-refractivity contribution is 7.56. The number of anilines is 1. The van der Waals surface area contributed by atoms with Crippen molar-refractivity contribution in [3.05, 3.63) is 70.3 Å². The molecular formula is C28H39N6O7P. The summed E-state index contributed by atoms with van der Waals surface area (Å²) in [6.45, 7) is 5.33. The lowest BCUT2D eigenvalue weighted by atomic mass is 10.0. The lowest BCUT2D eigenvalue weighted by Crippen LogP contribution is -2.50. The molecule has 14 heteroatoms. The Hall–Kier alpha value is -3.80. The van der Waals surface area contributed by atoms with Crippen LogP contribution in [-0.2, 0) is 29.9 Å². The molecule has 0 aromatic heterocycles. The number of carbonyl (C=O) groups is 3. The van der Waals surface area contributed by atoms with Crippen LogP contribution in [0.2, 0.25) is 0 Å². The van der Waals surface area contributed by atoms with Crippen LogP contribution in [0, 0.1) is 10.1 Å². The number of rotatable bonds is 15. The van der Waals surface area contributed by atoms with Gasteiger partial charge in [0.05, 0.1) is 23.6 Å². The molecule has 228 valence electrons. The van der Waals surface area contributed by atoms with Crippen LogP contribution in [0.3, 0.4) is 0 Å². The zero-order valence-corrected chi connectivity index (χ0v) is 25.0. The highest BCUT2D eigenvalue weighted by Crippen LogP contribution is 2.53. The van der Waals surface area contributed by atoms with E-state index >= 15 is 0 Å². The fraction of sp³-hybridized carbons (Fsp3) is 0.464. The maximum Gasteiger partial charge on any atom is 0.291 e. The first kappa shape index (κ1) is 32.7. The van der Waals surface area contributed by atoms with E-state index in [1.165, 1.54) is 26.0 Å². The van der Waals surface area contributed by atoms with Crippen LogP contribution in [0.25, 0.3) is 0 Å². The molecule has 2 aromatic carbocycles. The van der Waals surface area contributed by atoms with Gasteiger partial charge in [-0.1, -0.05) is 30.3 Å². The second kappa shape index (κ2) is 15.4. The van der Waals surface area contributed by atoms with Crippen molar-refractivity contribution in [2.75, 3.05) is 31.3 Å². The Kier molecular flexibility index (Phi) is 12.0. The van der Waals surface area contributed by atoms with Crippen LogP contribution in [0.1, 0.15) is 39.2 Å². The average Bonchev–Trinajstić information content (AvgIpc) is 3.46. The summed E-state index contributed by atoms with van der Waals surface area (Å²) in [6.07, 6.45) is 1.30. The highest BCUT2D eigenvalue weighted by Gasteiger charge is 2.43. The summed E-state index contributed by atoms with van der Waals surface area (Å²) >= 11 is 0. The van der Waals surface area contributed by atoms with Gasteiger partial charge in [-0.05, 0) is 50.8 Å². The van der Waals surface area contributed by atoms with E-state index in [1.807, 2.05) is 30.3 Å². The van der Waals surface area contributed by atoms with Crippen molar-refractivity contribution in [2.45, 2.75) is 58.2 Å². The van der Waals surface area contributed by atoms with E-state index in [4.69, 9.17) is 4.52 Å². The molecule has 1 heterocycles. The Morgan fingerprint density at radius 2 is 1.81 bits per heavy atom. The number of nitrogens with zero attached hydrogens (tertiary/aromatic N) is 2. The summed E-state index contributed by atoms with van der Waals surface area (Å²) < 4.78 is 21.2. The Balaban J connectivity index is 1.72. The Morgan fingerprint density at radius 3 is 2.43 bits per heavy atom. The molecule has 3 rings (SSSR count). The summed E-state index contributed by atoms with van der Waals surface area (Å²) in [5.41, 5.74) is 1.66. The normalized spacial score (nSPS) is 17.8. The number of hydrogen-bond acceptors (Lipinski definition) is 8. The van der Waals surface area contributed by atoms with Crippen molar-refractivity contribution in [1.82, 2.24) is 20.6 Å². The molecule has 4 atom stereocenters. The molecule has 42 heavy (non-hydrogen) atoms. The average molecular weight is 603 g/mol. The van der Waals surface area contributed by atoms with Crippen LogP contribution in [0.15, 0.2) is 54.6 Å². The number of nitrogens with one attached hydrogen (secondary N) is 4. The minimum atomic E-state index is -3.63. The summed E-state index contributed by atoms with van der Waals surface area (Å²) in [4.78, 5) is 47.9. The number of non-ortho nitro benzene ring substituents is 1. The predicted molar refractivity (Wildman–Crippen MR) is 159 cm³/mol. The van der Waals surface area contributed by atoms with Crippen molar-refractivity contribution in [1.29, 1.82) is 0 Å². The number of benzene rings is 2. The zero-order valence-electron chi connectivity index (χ0n) is 24.1. The zero-order chi connectivity index (χ0) is 30.7. The van der Waals surface area contributed by atoms with Crippen LogP contribution in [0.4, 0.5) is 11.4 Å². The molecule has 0 spiro atoms. The van der Waals surface area contributed by atoms with Crippen LogP contribution >= 0.6 is 7.52 Å². The lowest BCUT2D eigenvalue weighted by molar-refractivity contribution is -0.384. The second-order valence-corrected chi connectivity index (χ2v) is 12.4. The van der Waals surface area contributed by atoms with Gasteiger partial charge < -0.3 is 25.8 Å². The minimum Gasteiger partial charge on any atom is -0.383 e. The molecule has 13 nitrogen and oxygen atoms in total. The molecular weight excluding hydrogens is 563 g/mol. The topological polar surface area (TPSA) is 172 Å². The first-order valence-corrected chi connectivity index (χ1v) is 15.7. The van der Waals surface area contributed by atoms with Gasteiger partial charge in [0, 0.05) is 37.8 Å². The maximum atomic E-state index is 14.0. The van der Waals surface area contributed by atoms with Gasteiger partial charge in [0.2, 0.25) is 17.7 Å². The van der Waals surface area contributed by atoms with E-state index < -0.39 is 30.4 Å². The molecule has 0 saturated carbocycles. The van der Waals surface area contributed by atoms with Gasteiger partial charge in [-0.2, -0.15) is 0 Å². The molecule has 1 aliphatic rings. The molecule has 3 amide bonds. The van der Waals surface area contributed by atoms with E-state index in [9.17, 15) is 29.1 Å². The molecule has 0 radical (unpaired) electrons. The highest BCUT2D eigenvalue weighted by atomic mass is 31.2. The minimum absolute atomic E-state index is 0.0181. The molecule has 0 unspecified atom stereocenters. The molecule has 1 saturated heterocycles. The molecule has 0 aliphatic carbocycles. The van der Waals surface area contributed by atoms with Gasteiger partial charge in [-0.15, -0.1) is 0 Å². The van der Waals surface area contributed by atoms with E-state index in [1.54, 1.807) is 23.7 Å². The third-order valence-electron chi connectivity index (χ3n) is 6.82. The number of amides is 3. The number of nitro benzene ring substituents is 1. The fourth-order valence-corrected chi connectivity index (χ4v) is 7.08. The van der Waals surface area contributed by atoms with Crippen molar-refractivity contribution >= 4 is 36.6 Å². The first-order valence-electron chi connectivity index (χ1n) is 13.9. The third kappa shape index (κ3) is 9.37. The van der Waals surface area contributed by atoms with E-state index in [0.29, 0.717) is 38.0 Å². The lowest BCUT2D eigenvalue weighted by Gasteiger charge is -2.33. The Labute approximate surface area is 245 Å². The van der Waals surface area contributed by atoms with Gasteiger partial charge >= 0.3 is 0 Å². The largest absolute Gasteiger partial charge is 0.383 e.